The summed E-state index contributed by atoms with van der Waals surface area (Å²) in [6.45, 7) is 4.08. The molecule has 0 aliphatic carbocycles. The first-order valence-electron chi connectivity index (χ1n) is 27.7. The molecule has 0 saturated heterocycles. The van der Waals surface area contributed by atoms with Crippen molar-refractivity contribution in [2.75, 3.05) is 6.61 Å². The number of aliphatic hydroxyl groups excluding tert-OH is 4. The highest BCUT2D eigenvalue weighted by Crippen LogP contribution is 2.17. The van der Waals surface area contributed by atoms with E-state index >= 15 is 0 Å². The first kappa shape index (κ1) is 60.8. The topological polar surface area (TPSA) is 110 Å². The molecule has 0 aromatic heterocycles. The molecule has 4 atom stereocenters. The maximum absolute atomic E-state index is 12.6. The van der Waals surface area contributed by atoms with Crippen LogP contribution in [0.4, 0.5) is 0 Å². The summed E-state index contributed by atoms with van der Waals surface area (Å²) in [5, 5.41) is 43.9. The van der Waals surface area contributed by atoms with Gasteiger partial charge >= 0.3 is 0 Å². The van der Waals surface area contributed by atoms with Crippen molar-refractivity contribution in [1.82, 2.24) is 5.32 Å². The Morgan fingerprint density at radius 2 is 0.661 bits per heavy atom. The average molecular weight is 876 g/mol. The molecule has 0 heterocycles. The van der Waals surface area contributed by atoms with Gasteiger partial charge in [-0.15, -0.1) is 0 Å². The zero-order valence-corrected chi connectivity index (χ0v) is 41.6. The van der Waals surface area contributed by atoms with Gasteiger partial charge in [0.25, 0.3) is 0 Å². The molecule has 0 fully saturated rings. The maximum Gasteiger partial charge on any atom is 0.249 e. The summed E-state index contributed by atoms with van der Waals surface area (Å²) in [6, 6.07) is -1.00. The van der Waals surface area contributed by atoms with Gasteiger partial charge in [-0.2, -0.15) is 0 Å². The minimum absolute atomic E-state index is 0.358. The smallest absolute Gasteiger partial charge is 0.249 e. The minimum atomic E-state index is -1.28. The number of carbonyl (C=O) groups excluding carboxylic acids is 1. The van der Waals surface area contributed by atoms with Gasteiger partial charge in [-0.1, -0.05) is 256 Å². The Kier molecular flexibility index (Phi) is 49.8. The highest BCUT2D eigenvalue weighted by atomic mass is 16.3. The average Bonchev–Trinajstić information content (AvgIpc) is 3.28. The quantitative estimate of drug-likeness (QED) is 0.0309. The number of amides is 1. The SMILES string of the molecule is CCCCCCCCCCCCCC/C=C\CCCCCCCCC(O)C(=O)NC(CO)C(O)C(O)CCC/C=C/CCCCCCCCCCCCCCCCCCCCC. The molecule has 5 N–H and O–H groups in total. The number of carbonyl (C=O) groups is 1. The van der Waals surface area contributed by atoms with Gasteiger partial charge in [-0.25, -0.2) is 0 Å². The third-order valence-electron chi connectivity index (χ3n) is 13.1. The van der Waals surface area contributed by atoms with Crippen LogP contribution in [0.3, 0.4) is 0 Å². The molecule has 0 spiro atoms. The van der Waals surface area contributed by atoms with Gasteiger partial charge in [0.15, 0.2) is 0 Å². The predicted octanol–water partition coefficient (Wildman–Crippen LogP) is 15.9. The van der Waals surface area contributed by atoms with Crippen molar-refractivity contribution in [3.63, 3.8) is 0 Å². The maximum atomic E-state index is 12.6. The summed E-state index contributed by atoms with van der Waals surface area (Å²) in [6.07, 6.45) is 61.0. The molecule has 62 heavy (non-hydrogen) atoms. The van der Waals surface area contributed by atoms with E-state index in [1.165, 1.54) is 225 Å². The largest absolute Gasteiger partial charge is 0.394 e. The third kappa shape index (κ3) is 44.0. The van der Waals surface area contributed by atoms with E-state index in [4.69, 9.17) is 0 Å². The molecular formula is C56H109NO5. The second-order valence-electron chi connectivity index (χ2n) is 19.3. The number of hydrogen-bond donors (Lipinski definition) is 5. The summed E-state index contributed by atoms with van der Waals surface area (Å²) in [7, 11) is 0. The molecule has 368 valence electrons. The van der Waals surface area contributed by atoms with Crippen LogP contribution in [-0.4, -0.2) is 57.3 Å². The van der Waals surface area contributed by atoms with Crippen LogP contribution in [0.15, 0.2) is 24.3 Å². The van der Waals surface area contributed by atoms with Crippen LogP contribution < -0.4 is 5.32 Å². The Morgan fingerprint density at radius 3 is 0.968 bits per heavy atom. The van der Waals surface area contributed by atoms with Gasteiger partial charge < -0.3 is 25.7 Å². The second-order valence-corrected chi connectivity index (χ2v) is 19.3. The van der Waals surface area contributed by atoms with Gasteiger partial charge in [0.1, 0.15) is 12.2 Å². The van der Waals surface area contributed by atoms with E-state index in [1.54, 1.807) is 0 Å². The van der Waals surface area contributed by atoms with E-state index in [-0.39, 0.29) is 0 Å². The van der Waals surface area contributed by atoms with Crippen LogP contribution in [0.2, 0.25) is 0 Å². The van der Waals surface area contributed by atoms with Crippen LogP contribution in [-0.2, 0) is 4.79 Å². The molecule has 6 nitrogen and oxygen atoms in total. The summed E-state index contributed by atoms with van der Waals surface area (Å²) >= 11 is 0. The van der Waals surface area contributed by atoms with Gasteiger partial charge in [-0.3, -0.25) is 4.79 Å². The van der Waals surface area contributed by atoms with E-state index < -0.39 is 36.9 Å². The summed E-state index contributed by atoms with van der Waals surface area (Å²) in [5.41, 5.74) is 0. The van der Waals surface area contributed by atoms with Crippen LogP contribution in [0, 0.1) is 0 Å². The fourth-order valence-electron chi connectivity index (χ4n) is 8.75. The molecule has 0 aliphatic heterocycles. The molecule has 0 saturated carbocycles. The highest BCUT2D eigenvalue weighted by Gasteiger charge is 2.28. The van der Waals surface area contributed by atoms with Crippen LogP contribution in [0.1, 0.15) is 296 Å². The van der Waals surface area contributed by atoms with E-state index in [9.17, 15) is 25.2 Å². The van der Waals surface area contributed by atoms with E-state index in [0.717, 1.165) is 44.9 Å². The lowest BCUT2D eigenvalue weighted by molar-refractivity contribution is -0.132. The predicted molar refractivity (Wildman–Crippen MR) is 270 cm³/mol. The van der Waals surface area contributed by atoms with E-state index in [2.05, 4.69) is 43.5 Å². The molecule has 0 aromatic carbocycles. The second kappa shape index (κ2) is 50.8. The van der Waals surface area contributed by atoms with Crippen molar-refractivity contribution in [1.29, 1.82) is 0 Å². The molecule has 0 aliphatic rings. The fraction of sp³-hybridized carbons (Fsp3) is 0.911. The van der Waals surface area contributed by atoms with Crippen molar-refractivity contribution < 1.29 is 25.2 Å². The number of unbranched alkanes of at least 4 members (excludes halogenated alkanes) is 38. The van der Waals surface area contributed by atoms with Gasteiger partial charge in [0.05, 0.1) is 18.8 Å². The molecule has 0 bridgehead atoms. The van der Waals surface area contributed by atoms with Crippen molar-refractivity contribution in [3.8, 4) is 0 Å². The molecule has 0 radical (unpaired) electrons. The Labute approximate surface area is 386 Å². The van der Waals surface area contributed by atoms with Crippen molar-refractivity contribution >= 4 is 5.91 Å². The Hall–Kier alpha value is -1.21. The molecular weight excluding hydrogens is 767 g/mol. The third-order valence-corrected chi connectivity index (χ3v) is 13.1. The van der Waals surface area contributed by atoms with E-state index in [1.807, 2.05) is 0 Å². The summed E-state index contributed by atoms with van der Waals surface area (Å²) < 4.78 is 0. The van der Waals surface area contributed by atoms with E-state index in [0.29, 0.717) is 12.8 Å². The Balaban J connectivity index is 3.67. The lowest BCUT2D eigenvalue weighted by Crippen LogP contribution is -2.53. The van der Waals surface area contributed by atoms with Gasteiger partial charge in [-0.05, 0) is 64.2 Å². The Bertz CT molecular complexity index is 939. The normalized spacial score (nSPS) is 14.0. The van der Waals surface area contributed by atoms with Gasteiger partial charge in [0.2, 0.25) is 5.91 Å². The molecule has 1 amide bonds. The fourth-order valence-corrected chi connectivity index (χ4v) is 8.75. The highest BCUT2D eigenvalue weighted by molar-refractivity contribution is 5.80. The molecule has 4 unspecified atom stereocenters. The summed E-state index contributed by atoms with van der Waals surface area (Å²) in [4.78, 5) is 12.6. The monoisotopic (exact) mass is 876 g/mol. The molecule has 0 rings (SSSR count). The number of aliphatic hydroxyl groups is 4. The number of rotatable bonds is 51. The first-order chi connectivity index (χ1) is 30.5. The van der Waals surface area contributed by atoms with Crippen molar-refractivity contribution in [2.45, 2.75) is 321 Å². The standard InChI is InChI=1S/C56H109NO5/c1-3-5-7-9-11-13-15-17-19-21-23-25-27-28-30-31-33-35-37-39-41-43-45-47-49-53(59)55(61)52(51-58)57-56(62)54(60)50-48-46-44-42-40-38-36-34-32-29-26-24-22-20-18-16-14-12-10-8-6-4-2/h32,34,41,43,52-55,58-61H,3-31,33,35-40,42,44-51H2,1-2H3,(H,57,62)/b34-32-,43-41+. The Morgan fingerprint density at radius 1 is 0.387 bits per heavy atom. The lowest BCUT2D eigenvalue weighted by Gasteiger charge is -2.27. The minimum Gasteiger partial charge on any atom is -0.394 e. The van der Waals surface area contributed by atoms with Crippen LogP contribution in [0.5, 0.6) is 0 Å². The number of allylic oxidation sites excluding steroid dienone is 4. The molecule has 6 heteroatoms. The van der Waals surface area contributed by atoms with Gasteiger partial charge in [0, 0.05) is 0 Å². The molecule has 0 aromatic rings. The van der Waals surface area contributed by atoms with Crippen molar-refractivity contribution in [3.05, 3.63) is 24.3 Å². The lowest BCUT2D eigenvalue weighted by atomic mass is 10.00. The zero-order chi connectivity index (χ0) is 45.2. The van der Waals surface area contributed by atoms with Crippen LogP contribution >= 0.6 is 0 Å². The zero-order valence-electron chi connectivity index (χ0n) is 41.6. The number of hydrogen-bond acceptors (Lipinski definition) is 5. The first-order valence-corrected chi connectivity index (χ1v) is 27.7. The van der Waals surface area contributed by atoms with Crippen LogP contribution in [0.25, 0.3) is 0 Å². The number of nitrogens with one attached hydrogen (secondary N) is 1. The van der Waals surface area contributed by atoms with Crippen molar-refractivity contribution in [2.24, 2.45) is 0 Å². The summed E-state index contributed by atoms with van der Waals surface area (Å²) in [5.74, 6) is -0.594.